The van der Waals surface area contributed by atoms with E-state index in [2.05, 4.69) is 36.7 Å². The van der Waals surface area contributed by atoms with Crippen LogP contribution in [-0.4, -0.2) is 5.33 Å². The molecule has 4 atom stereocenters. The van der Waals surface area contributed by atoms with E-state index in [9.17, 15) is 0 Å². The molecule has 0 aromatic heterocycles. The molecule has 1 rings (SSSR count). The van der Waals surface area contributed by atoms with Gasteiger partial charge in [-0.05, 0) is 36.5 Å². The van der Waals surface area contributed by atoms with Gasteiger partial charge in [0.25, 0.3) is 0 Å². The second kappa shape index (κ2) is 3.93. The average molecular weight is 219 g/mol. The lowest BCUT2D eigenvalue weighted by Gasteiger charge is -2.36. The molecule has 1 fully saturated rings. The monoisotopic (exact) mass is 218 g/mol. The van der Waals surface area contributed by atoms with E-state index < -0.39 is 0 Å². The molecule has 0 nitrogen and oxygen atoms in total. The minimum absolute atomic E-state index is 0.922. The van der Waals surface area contributed by atoms with Crippen LogP contribution < -0.4 is 0 Å². The van der Waals surface area contributed by atoms with Gasteiger partial charge in [0.05, 0.1) is 0 Å². The molecular weight excluding hydrogens is 200 g/mol. The summed E-state index contributed by atoms with van der Waals surface area (Å²) in [6.07, 6.45) is 2.86. The van der Waals surface area contributed by atoms with Gasteiger partial charge in [-0.1, -0.05) is 36.7 Å². The van der Waals surface area contributed by atoms with Crippen molar-refractivity contribution in [1.29, 1.82) is 0 Å². The fourth-order valence-corrected chi connectivity index (χ4v) is 3.20. The van der Waals surface area contributed by atoms with Crippen LogP contribution in [0.3, 0.4) is 0 Å². The molecule has 0 amide bonds. The van der Waals surface area contributed by atoms with Crippen molar-refractivity contribution in [3.8, 4) is 0 Å². The summed E-state index contributed by atoms with van der Waals surface area (Å²) >= 11 is 3.61. The van der Waals surface area contributed by atoms with E-state index in [1.165, 1.54) is 18.2 Å². The number of rotatable bonds is 1. The molecule has 66 valence electrons. The van der Waals surface area contributed by atoms with Crippen molar-refractivity contribution in [2.45, 2.75) is 33.6 Å². The van der Waals surface area contributed by atoms with Gasteiger partial charge in [-0.25, -0.2) is 0 Å². The maximum Gasteiger partial charge on any atom is 0.00624 e. The highest BCUT2D eigenvalue weighted by atomic mass is 79.9. The summed E-state index contributed by atoms with van der Waals surface area (Å²) in [5.74, 6) is 3.73. The zero-order valence-corrected chi connectivity index (χ0v) is 9.39. The van der Waals surface area contributed by atoms with Crippen molar-refractivity contribution in [1.82, 2.24) is 0 Å². The van der Waals surface area contributed by atoms with Gasteiger partial charge in [-0.15, -0.1) is 0 Å². The quantitative estimate of drug-likeness (QED) is 0.590. The van der Waals surface area contributed by atoms with Gasteiger partial charge in [-0.3, -0.25) is 0 Å². The van der Waals surface area contributed by atoms with Crippen LogP contribution in [0.25, 0.3) is 0 Å². The van der Waals surface area contributed by atoms with Crippen molar-refractivity contribution in [3.05, 3.63) is 0 Å². The minimum atomic E-state index is 0.922. The SMILES string of the molecule is CC1CC(C)C(C)C(CBr)C1. The van der Waals surface area contributed by atoms with Crippen LogP contribution in [0.1, 0.15) is 33.6 Å². The first kappa shape index (κ1) is 9.57. The van der Waals surface area contributed by atoms with Gasteiger partial charge in [0.1, 0.15) is 0 Å². The molecule has 0 radical (unpaired) electrons. The summed E-state index contributed by atoms with van der Waals surface area (Å²) in [5.41, 5.74) is 0. The van der Waals surface area contributed by atoms with Gasteiger partial charge < -0.3 is 0 Å². The molecule has 0 bridgehead atoms. The highest BCUT2D eigenvalue weighted by molar-refractivity contribution is 9.09. The maximum absolute atomic E-state index is 3.61. The van der Waals surface area contributed by atoms with Gasteiger partial charge in [0, 0.05) is 5.33 Å². The molecule has 1 aliphatic rings. The Labute approximate surface area is 78.9 Å². The Morgan fingerprint density at radius 2 is 1.82 bits per heavy atom. The van der Waals surface area contributed by atoms with Gasteiger partial charge in [0.2, 0.25) is 0 Å². The lowest BCUT2D eigenvalue weighted by molar-refractivity contribution is 0.155. The smallest absolute Gasteiger partial charge is 0.00624 e. The Balaban J connectivity index is 2.51. The van der Waals surface area contributed by atoms with Crippen LogP contribution in [0.4, 0.5) is 0 Å². The summed E-state index contributed by atoms with van der Waals surface area (Å²) in [5, 5.41) is 1.20. The molecule has 0 N–H and O–H groups in total. The Hall–Kier alpha value is 0.480. The summed E-state index contributed by atoms with van der Waals surface area (Å²) in [6, 6.07) is 0. The largest absolute Gasteiger partial charge is 0.0925 e. The Kier molecular flexibility index (Phi) is 3.42. The lowest BCUT2D eigenvalue weighted by atomic mass is 9.70. The normalized spacial score (nSPS) is 45.8. The number of hydrogen-bond donors (Lipinski definition) is 0. The number of alkyl halides is 1. The van der Waals surface area contributed by atoms with Gasteiger partial charge in [0.15, 0.2) is 0 Å². The summed E-state index contributed by atoms with van der Waals surface area (Å²) in [4.78, 5) is 0. The standard InChI is InChI=1S/C10H19Br/c1-7-4-8(2)9(3)10(5-7)6-11/h7-10H,4-6H2,1-3H3. The van der Waals surface area contributed by atoms with Crippen molar-refractivity contribution in [2.75, 3.05) is 5.33 Å². The first-order valence-corrected chi connectivity index (χ1v) is 5.83. The molecule has 1 heteroatoms. The Morgan fingerprint density at radius 1 is 1.18 bits per heavy atom. The molecule has 0 saturated heterocycles. The van der Waals surface area contributed by atoms with E-state index in [1.54, 1.807) is 0 Å². The second-order valence-corrected chi connectivity index (χ2v) is 4.97. The van der Waals surface area contributed by atoms with E-state index in [4.69, 9.17) is 0 Å². The molecule has 1 aliphatic carbocycles. The molecule has 0 aliphatic heterocycles. The second-order valence-electron chi connectivity index (χ2n) is 4.33. The third-order valence-corrected chi connectivity index (χ3v) is 4.15. The molecule has 1 saturated carbocycles. The fraction of sp³-hybridized carbons (Fsp3) is 1.00. The summed E-state index contributed by atoms with van der Waals surface area (Å²) in [7, 11) is 0. The van der Waals surface area contributed by atoms with Crippen molar-refractivity contribution < 1.29 is 0 Å². The number of hydrogen-bond acceptors (Lipinski definition) is 0. The molecule has 0 spiro atoms. The van der Waals surface area contributed by atoms with Crippen LogP contribution in [0.15, 0.2) is 0 Å². The van der Waals surface area contributed by atoms with Crippen molar-refractivity contribution in [3.63, 3.8) is 0 Å². The van der Waals surface area contributed by atoms with Crippen LogP contribution in [-0.2, 0) is 0 Å². The van der Waals surface area contributed by atoms with Gasteiger partial charge in [-0.2, -0.15) is 0 Å². The zero-order valence-electron chi connectivity index (χ0n) is 7.81. The summed E-state index contributed by atoms with van der Waals surface area (Å²) in [6.45, 7) is 7.19. The zero-order chi connectivity index (χ0) is 8.43. The highest BCUT2D eigenvalue weighted by Crippen LogP contribution is 2.38. The van der Waals surface area contributed by atoms with E-state index in [-0.39, 0.29) is 0 Å². The Bertz CT molecular complexity index is 122. The maximum atomic E-state index is 3.61. The third-order valence-electron chi connectivity index (χ3n) is 3.32. The predicted octanol–water partition coefficient (Wildman–Crippen LogP) is 3.70. The fourth-order valence-electron chi connectivity index (χ4n) is 2.35. The molecule has 0 aromatic carbocycles. The highest BCUT2D eigenvalue weighted by Gasteiger charge is 2.29. The first-order valence-electron chi connectivity index (χ1n) is 4.71. The van der Waals surface area contributed by atoms with Crippen LogP contribution in [0, 0.1) is 23.7 Å². The molecule has 0 aromatic rings. The van der Waals surface area contributed by atoms with Crippen LogP contribution >= 0.6 is 15.9 Å². The number of halogens is 1. The first-order chi connectivity index (χ1) is 5.15. The average Bonchev–Trinajstić information content (AvgIpc) is 1.96. The molecule has 0 heterocycles. The third kappa shape index (κ3) is 2.21. The van der Waals surface area contributed by atoms with Gasteiger partial charge >= 0.3 is 0 Å². The van der Waals surface area contributed by atoms with E-state index >= 15 is 0 Å². The van der Waals surface area contributed by atoms with E-state index in [1.807, 2.05) is 0 Å². The summed E-state index contributed by atoms with van der Waals surface area (Å²) < 4.78 is 0. The van der Waals surface area contributed by atoms with Crippen molar-refractivity contribution >= 4 is 15.9 Å². The van der Waals surface area contributed by atoms with E-state index in [0.29, 0.717) is 0 Å². The predicted molar refractivity (Wildman–Crippen MR) is 54.0 cm³/mol. The molecule has 11 heavy (non-hydrogen) atoms. The minimum Gasteiger partial charge on any atom is -0.0925 e. The van der Waals surface area contributed by atoms with E-state index in [0.717, 1.165) is 23.7 Å². The van der Waals surface area contributed by atoms with Crippen LogP contribution in [0.5, 0.6) is 0 Å². The lowest BCUT2D eigenvalue weighted by Crippen LogP contribution is -2.29. The van der Waals surface area contributed by atoms with Crippen molar-refractivity contribution in [2.24, 2.45) is 23.7 Å². The topological polar surface area (TPSA) is 0 Å². The van der Waals surface area contributed by atoms with Crippen LogP contribution in [0.2, 0.25) is 0 Å². The molecule has 4 unspecified atom stereocenters. The molecular formula is C10H19Br. The Morgan fingerprint density at radius 3 is 2.36 bits per heavy atom.